The lowest BCUT2D eigenvalue weighted by Gasteiger charge is -2.26. The fourth-order valence-electron chi connectivity index (χ4n) is 2.46. The molecule has 0 bridgehead atoms. The number of amides is 2. The van der Waals surface area contributed by atoms with Crippen LogP contribution in [0.1, 0.15) is 39.9 Å². The maximum absolute atomic E-state index is 12.3. The van der Waals surface area contributed by atoms with Gasteiger partial charge in [0.15, 0.2) is 15.7 Å². The van der Waals surface area contributed by atoms with Crippen molar-refractivity contribution in [2.24, 2.45) is 0 Å². The van der Waals surface area contributed by atoms with E-state index in [1.54, 1.807) is 6.07 Å². The van der Waals surface area contributed by atoms with Crippen molar-refractivity contribution >= 4 is 21.7 Å². The van der Waals surface area contributed by atoms with Crippen LogP contribution in [0.4, 0.5) is 10.6 Å². The predicted octanol–water partition coefficient (Wildman–Crippen LogP) is 2.01. The van der Waals surface area contributed by atoms with Crippen molar-refractivity contribution in [1.82, 2.24) is 10.1 Å². The van der Waals surface area contributed by atoms with Crippen LogP contribution >= 0.6 is 0 Å². The Labute approximate surface area is 131 Å². The van der Waals surface area contributed by atoms with E-state index in [0.29, 0.717) is 24.5 Å². The molecule has 22 heavy (non-hydrogen) atoms. The zero-order chi connectivity index (χ0) is 16.5. The topological polar surface area (TPSA) is 92.5 Å². The molecule has 2 rings (SSSR count). The maximum Gasteiger partial charge on any atom is 0.323 e. The molecule has 1 aliphatic rings. The second-order valence-electron chi connectivity index (χ2n) is 6.60. The van der Waals surface area contributed by atoms with Crippen molar-refractivity contribution < 1.29 is 17.7 Å². The molecule has 124 valence electrons. The van der Waals surface area contributed by atoms with Crippen molar-refractivity contribution in [2.75, 3.05) is 23.4 Å². The molecular weight excluding hydrogens is 306 g/mol. The lowest BCUT2D eigenvalue weighted by Crippen LogP contribution is -2.43. The Morgan fingerprint density at radius 3 is 2.64 bits per heavy atom. The zero-order valence-electron chi connectivity index (χ0n) is 13.4. The maximum atomic E-state index is 12.3. The SMILES string of the molecule is CCN(C(=O)Nc1cc(C(C)(C)C)on1)C1CCS(=O)(=O)C1. The van der Waals surface area contributed by atoms with Gasteiger partial charge in [-0.2, -0.15) is 0 Å². The van der Waals surface area contributed by atoms with Crippen molar-refractivity contribution in [2.45, 2.75) is 45.6 Å². The Kier molecular flexibility index (Phi) is 4.51. The normalized spacial score (nSPS) is 20.8. The van der Waals surface area contributed by atoms with Gasteiger partial charge in [-0.25, -0.2) is 13.2 Å². The number of nitrogens with zero attached hydrogens (tertiary/aromatic N) is 2. The van der Waals surface area contributed by atoms with E-state index in [2.05, 4.69) is 10.5 Å². The summed E-state index contributed by atoms with van der Waals surface area (Å²) >= 11 is 0. The Morgan fingerprint density at radius 2 is 2.18 bits per heavy atom. The van der Waals surface area contributed by atoms with Gasteiger partial charge in [-0.1, -0.05) is 25.9 Å². The Bertz CT molecular complexity index is 645. The molecule has 1 aromatic heterocycles. The Hall–Kier alpha value is -1.57. The third-order valence-corrected chi connectivity index (χ3v) is 5.49. The predicted molar refractivity (Wildman–Crippen MR) is 83.7 cm³/mol. The number of hydrogen-bond donors (Lipinski definition) is 1. The van der Waals surface area contributed by atoms with Gasteiger partial charge in [-0.3, -0.25) is 5.32 Å². The number of nitrogens with one attached hydrogen (secondary N) is 1. The monoisotopic (exact) mass is 329 g/mol. The van der Waals surface area contributed by atoms with Gasteiger partial charge in [0.1, 0.15) is 5.76 Å². The summed E-state index contributed by atoms with van der Waals surface area (Å²) in [5.74, 6) is 1.18. The molecule has 1 atom stereocenters. The summed E-state index contributed by atoms with van der Waals surface area (Å²) in [5, 5.41) is 6.52. The number of urea groups is 1. The highest BCUT2D eigenvalue weighted by molar-refractivity contribution is 7.91. The summed E-state index contributed by atoms with van der Waals surface area (Å²) in [7, 11) is -3.03. The molecule has 0 spiro atoms. The summed E-state index contributed by atoms with van der Waals surface area (Å²) < 4.78 is 28.4. The molecule has 0 aromatic carbocycles. The second kappa shape index (κ2) is 5.91. The third-order valence-electron chi connectivity index (χ3n) is 3.74. The number of hydrogen-bond acceptors (Lipinski definition) is 5. The molecular formula is C14H23N3O4S. The van der Waals surface area contributed by atoms with Crippen LogP contribution in [0.5, 0.6) is 0 Å². The first-order valence-electron chi connectivity index (χ1n) is 7.37. The lowest BCUT2D eigenvalue weighted by atomic mass is 9.93. The highest BCUT2D eigenvalue weighted by Gasteiger charge is 2.34. The van der Waals surface area contributed by atoms with Crippen molar-refractivity contribution in [3.8, 4) is 0 Å². The van der Waals surface area contributed by atoms with Crippen molar-refractivity contribution in [3.63, 3.8) is 0 Å². The fraction of sp³-hybridized carbons (Fsp3) is 0.714. The number of rotatable bonds is 3. The largest absolute Gasteiger partial charge is 0.359 e. The Balaban J connectivity index is 2.05. The van der Waals surface area contributed by atoms with E-state index >= 15 is 0 Å². The van der Waals surface area contributed by atoms with Gasteiger partial charge in [0.2, 0.25) is 0 Å². The molecule has 1 fully saturated rings. The summed E-state index contributed by atoms with van der Waals surface area (Å²) in [6.07, 6.45) is 0.482. The summed E-state index contributed by atoms with van der Waals surface area (Å²) in [6, 6.07) is 1.07. The quantitative estimate of drug-likeness (QED) is 0.915. The second-order valence-corrected chi connectivity index (χ2v) is 8.83. The number of sulfone groups is 1. The molecule has 1 N–H and O–H groups in total. The molecule has 1 unspecified atom stereocenters. The molecule has 1 aromatic rings. The average Bonchev–Trinajstić information content (AvgIpc) is 2.97. The first kappa shape index (κ1) is 16.8. The number of aromatic nitrogens is 1. The molecule has 7 nitrogen and oxygen atoms in total. The van der Waals surface area contributed by atoms with E-state index in [1.807, 2.05) is 27.7 Å². The van der Waals surface area contributed by atoms with Crippen LogP contribution in [-0.4, -0.2) is 48.6 Å². The van der Waals surface area contributed by atoms with Crippen LogP contribution in [0.15, 0.2) is 10.6 Å². The van der Waals surface area contributed by atoms with Gasteiger partial charge in [0, 0.05) is 24.1 Å². The summed E-state index contributed by atoms with van der Waals surface area (Å²) in [5.41, 5.74) is -0.194. The van der Waals surface area contributed by atoms with E-state index in [0.717, 1.165) is 0 Å². The highest BCUT2D eigenvalue weighted by atomic mass is 32.2. The van der Waals surface area contributed by atoms with Crippen molar-refractivity contribution in [3.05, 3.63) is 11.8 Å². The van der Waals surface area contributed by atoms with Crippen LogP contribution < -0.4 is 5.32 Å². The van der Waals surface area contributed by atoms with E-state index in [-0.39, 0.29) is 29.0 Å². The average molecular weight is 329 g/mol. The van der Waals surface area contributed by atoms with Gasteiger partial charge >= 0.3 is 6.03 Å². The van der Waals surface area contributed by atoms with E-state index < -0.39 is 9.84 Å². The number of anilines is 1. The van der Waals surface area contributed by atoms with Gasteiger partial charge < -0.3 is 9.42 Å². The smallest absolute Gasteiger partial charge is 0.323 e. The molecule has 1 aliphatic heterocycles. The number of carbonyl (C=O) groups is 1. The van der Waals surface area contributed by atoms with Gasteiger partial charge in [0.05, 0.1) is 11.5 Å². The van der Waals surface area contributed by atoms with Gasteiger partial charge in [-0.05, 0) is 13.3 Å². The van der Waals surface area contributed by atoms with Crippen LogP contribution in [-0.2, 0) is 15.3 Å². The van der Waals surface area contributed by atoms with Crippen LogP contribution in [0.25, 0.3) is 0 Å². The number of carbonyl (C=O) groups excluding carboxylic acids is 1. The van der Waals surface area contributed by atoms with E-state index in [1.165, 1.54) is 4.90 Å². The minimum Gasteiger partial charge on any atom is -0.359 e. The van der Waals surface area contributed by atoms with Crippen molar-refractivity contribution in [1.29, 1.82) is 0 Å². The standard InChI is InChI=1S/C14H23N3O4S/c1-5-17(10-6-7-22(19,20)9-10)13(18)15-12-8-11(21-16-12)14(2,3)4/h8,10H,5-7,9H2,1-4H3,(H,15,16,18). The van der Waals surface area contributed by atoms with Crippen LogP contribution in [0.3, 0.4) is 0 Å². The Morgan fingerprint density at radius 1 is 1.50 bits per heavy atom. The highest BCUT2D eigenvalue weighted by Crippen LogP contribution is 2.25. The molecule has 8 heteroatoms. The van der Waals surface area contributed by atoms with E-state index in [4.69, 9.17) is 4.52 Å². The lowest BCUT2D eigenvalue weighted by molar-refractivity contribution is 0.197. The zero-order valence-corrected chi connectivity index (χ0v) is 14.2. The van der Waals surface area contributed by atoms with Crippen LogP contribution in [0.2, 0.25) is 0 Å². The summed E-state index contributed by atoms with van der Waals surface area (Å²) in [4.78, 5) is 13.9. The van der Waals surface area contributed by atoms with Gasteiger partial charge in [-0.15, -0.1) is 0 Å². The fourth-order valence-corrected chi connectivity index (χ4v) is 4.19. The molecule has 2 amide bonds. The minimum atomic E-state index is -3.03. The van der Waals surface area contributed by atoms with E-state index in [9.17, 15) is 13.2 Å². The minimum absolute atomic E-state index is 0.0281. The summed E-state index contributed by atoms with van der Waals surface area (Å²) in [6.45, 7) is 8.23. The molecule has 1 saturated heterocycles. The third kappa shape index (κ3) is 3.79. The van der Waals surface area contributed by atoms with Crippen LogP contribution in [0, 0.1) is 0 Å². The molecule has 0 saturated carbocycles. The first-order valence-corrected chi connectivity index (χ1v) is 9.20. The molecule has 0 aliphatic carbocycles. The van der Waals surface area contributed by atoms with Gasteiger partial charge in [0.25, 0.3) is 0 Å². The molecule has 2 heterocycles. The molecule has 0 radical (unpaired) electrons. The first-order chi connectivity index (χ1) is 10.1.